The van der Waals surface area contributed by atoms with Crippen LogP contribution in [0.25, 0.3) is 0 Å². The maximum Gasteiger partial charge on any atom is 0.435 e. The number of nitrogens with zero attached hydrogens (tertiary/aromatic N) is 2. The third-order valence-electron chi connectivity index (χ3n) is 7.26. The van der Waals surface area contributed by atoms with Crippen molar-refractivity contribution in [2.45, 2.75) is 64.0 Å². The van der Waals surface area contributed by atoms with Crippen molar-refractivity contribution < 1.29 is 32.0 Å². The fourth-order valence-electron chi connectivity index (χ4n) is 4.92. The van der Waals surface area contributed by atoms with Gasteiger partial charge in [-0.2, -0.15) is 13.2 Å². The topological polar surface area (TPSA) is 72.3 Å². The van der Waals surface area contributed by atoms with Crippen molar-refractivity contribution in [1.82, 2.24) is 5.32 Å². The minimum absolute atomic E-state index is 0.123. The third-order valence-corrected chi connectivity index (χ3v) is 7.81. The summed E-state index contributed by atoms with van der Waals surface area (Å²) in [5, 5.41) is 9.60. The molecule has 198 valence electrons. The number of rotatable bonds is 5. The highest BCUT2D eigenvalue weighted by Crippen LogP contribution is 2.52. The van der Waals surface area contributed by atoms with Crippen LogP contribution in [0.1, 0.15) is 51.5 Å². The average molecular weight is 560 g/mol. The minimum Gasteiger partial charge on any atom is -0.374 e. The lowest BCUT2D eigenvalue weighted by atomic mass is 9.72. The van der Waals surface area contributed by atoms with Gasteiger partial charge in [-0.15, -0.1) is 0 Å². The zero-order chi connectivity index (χ0) is 26.8. The van der Waals surface area contributed by atoms with Gasteiger partial charge >= 0.3 is 6.18 Å². The van der Waals surface area contributed by atoms with E-state index in [1.807, 2.05) is 0 Å². The Hall–Kier alpha value is -2.59. The monoisotopic (exact) mass is 559 g/mol. The van der Waals surface area contributed by atoms with E-state index >= 15 is 0 Å². The molecule has 2 heterocycles. The molecule has 12 heteroatoms. The molecule has 0 radical (unpaired) electrons. The number of allylic oxidation sites excluding steroid dienone is 2. The van der Waals surface area contributed by atoms with Crippen molar-refractivity contribution in [3.05, 3.63) is 56.9 Å². The fraction of sp³-hybridized carbons (Fsp3) is 0.480. The van der Waals surface area contributed by atoms with Crippen LogP contribution >= 0.6 is 23.2 Å². The SMILES string of the molecule is CC1=CC(C)(C2=NOC(c3cc(Cl)c(F)c(Cl)c3)(C(F)(F)F)C2)CC=C1C(=O)NC1CC(C2CC2)=NO1. The molecule has 1 fully saturated rings. The van der Waals surface area contributed by atoms with E-state index in [1.54, 1.807) is 26.0 Å². The van der Waals surface area contributed by atoms with E-state index in [4.69, 9.17) is 32.9 Å². The minimum atomic E-state index is -4.91. The van der Waals surface area contributed by atoms with E-state index in [9.17, 15) is 22.4 Å². The fourth-order valence-corrected chi connectivity index (χ4v) is 5.40. The first-order chi connectivity index (χ1) is 17.3. The Bertz CT molecular complexity index is 1270. The Morgan fingerprint density at radius 3 is 2.46 bits per heavy atom. The third kappa shape index (κ3) is 4.63. The normalized spacial score (nSPS) is 29.6. The summed E-state index contributed by atoms with van der Waals surface area (Å²) in [4.78, 5) is 23.3. The van der Waals surface area contributed by atoms with Crippen LogP contribution in [0, 0.1) is 17.2 Å². The predicted molar refractivity (Wildman–Crippen MR) is 130 cm³/mol. The maximum atomic E-state index is 14.4. The Kier molecular flexibility index (Phi) is 6.34. The van der Waals surface area contributed by atoms with E-state index in [0.29, 0.717) is 23.5 Å². The maximum absolute atomic E-state index is 14.4. The first-order valence-electron chi connectivity index (χ1n) is 11.7. The van der Waals surface area contributed by atoms with Gasteiger partial charge in [-0.25, -0.2) is 4.39 Å². The number of hydrogen-bond acceptors (Lipinski definition) is 5. The van der Waals surface area contributed by atoms with Gasteiger partial charge < -0.3 is 15.0 Å². The van der Waals surface area contributed by atoms with Crippen molar-refractivity contribution in [3.8, 4) is 0 Å². The lowest BCUT2D eigenvalue weighted by Gasteiger charge is -2.33. The Balaban J connectivity index is 1.32. The van der Waals surface area contributed by atoms with Crippen LogP contribution in [0.15, 0.2) is 45.7 Å². The molecule has 0 aromatic heterocycles. The van der Waals surface area contributed by atoms with Crippen molar-refractivity contribution >= 4 is 40.5 Å². The van der Waals surface area contributed by atoms with E-state index in [2.05, 4.69) is 15.6 Å². The number of amides is 1. The van der Waals surface area contributed by atoms with Gasteiger partial charge in [-0.05, 0) is 43.9 Å². The number of halogens is 6. The zero-order valence-corrected chi connectivity index (χ0v) is 21.4. The van der Waals surface area contributed by atoms with Gasteiger partial charge in [0.1, 0.15) is 0 Å². The molecule has 0 bridgehead atoms. The Morgan fingerprint density at radius 2 is 1.86 bits per heavy atom. The summed E-state index contributed by atoms with van der Waals surface area (Å²) >= 11 is 11.6. The number of nitrogens with one attached hydrogen (secondary N) is 1. The molecule has 1 aromatic carbocycles. The quantitative estimate of drug-likeness (QED) is 0.327. The van der Waals surface area contributed by atoms with Crippen LogP contribution in [-0.2, 0) is 20.1 Å². The molecule has 2 aliphatic carbocycles. The summed E-state index contributed by atoms with van der Waals surface area (Å²) in [7, 11) is 0. The molecule has 3 unspecified atom stereocenters. The van der Waals surface area contributed by atoms with Gasteiger partial charge in [-0.3, -0.25) is 4.79 Å². The molecule has 4 aliphatic rings. The lowest BCUT2D eigenvalue weighted by molar-refractivity contribution is -0.275. The average Bonchev–Trinajstić information content (AvgIpc) is 3.36. The molecule has 1 saturated carbocycles. The predicted octanol–water partition coefficient (Wildman–Crippen LogP) is 6.58. The van der Waals surface area contributed by atoms with E-state index in [1.165, 1.54) is 0 Å². The first-order valence-corrected chi connectivity index (χ1v) is 12.5. The van der Waals surface area contributed by atoms with Gasteiger partial charge in [0.05, 0.1) is 21.5 Å². The molecule has 37 heavy (non-hydrogen) atoms. The summed E-state index contributed by atoms with van der Waals surface area (Å²) in [6.45, 7) is 3.42. The second kappa shape index (κ2) is 9.01. The molecule has 0 saturated heterocycles. The number of benzene rings is 1. The number of alkyl halides is 3. The van der Waals surface area contributed by atoms with Crippen LogP contribution in [0.5, 0.6) is 0 Å². The molecule has 0 spiro atoms. The molecule has 1 N–H and O–H groups in total. The first kappa shape index (κ1) is 26.0. The highest BCUT2D eigenvalue weighted by atomic mass is 35.5. The second-order valence-electron chi connectivity index (χ2n) is 10.1. The number of carbonyl (C=O) groups is 1. The summed E-state index contributed by atoms with van der Waals surface area (Å²) in [5.74, 6) is -0.924. The molecular weight excluding hydrogens is 537 g/mol. The van der Waals surface area contributed by atoms with Crippen molar-refractivity contribution in [2.75, 3.05) is 0 Å². The highest BCUT2D eigenvalue weighted by Gasteiger charge is 2.63. The van der Waals surface area contributed by atoms with Crippen molar-refractivity contribution in [2.24, 2.45) is 21.6 Å². The lowest BCUT2D eigenvalue weighted by Crippen LogP contribution is -2.44. The van der Waals surface area contributed by atoms with E-state index in [-0.39, 0.29) is 18.0 Å². The number of hydrogen-bond donors (Lipinski definition) is 1. The Morgan fingerprint density at radius 1 is 1.19 bits per heavy atom. The van der Waals surface area contributed by atoms with Gasteiger partial charge in [0, 0.05) is 35.3 Å². The van der Waals surface area contributed by atoms with Crippen LogP contribution in [0.4, 0.5) is 17.6 Å². The summed E-state index contributed by atoms with van der Waals surface area (Å²) in [6, 6.07) is 1.70. The van der Waals surface area contributed by atoms with E-state index in [0.717, 1.165) is 30.7 Å². The smallest absolute Gasteiger partial charge is 0.374 e. The van der Waals surface area contributed by atoms with Crippen molar-refractivity contribution in [3.63, 3.8) is 0 Å². The summed E-state index contributed by atoms with van der Waals surface area (Å²) in [6.07, 6.45) is 0.195. The summed E-state index contributed by atoms with van der Waals surface area (Å²) in [5.41, 5.74) is -2.23. The second-order valence-corrected chi connectivity index (χ2v) is 10.9. The number of oxime groups is 2. The molecule has 6 nitrogen and oxygen atoms in total. The highest BCUT2D eigenvalue weighted by molar-refractivity contribution is 6.35. The van der Waals surface area contributed by atoms with Gasteiger partial charge in [-0.1, -0.05) is 52.6 Å². The molecule has 5 rings (SSSR count). The molecular formula is C25H23Cl2F4N3O3. The van der Waals surface area contributed by atoms with Gasteiger partial charge in [0.15, 0.2) is 5.82 Å². The number of carbonyl (C=O) groups excluding carboxylic acids is 1. The van der Waals surface area contributed by atoms with Crippen LogP contribution < -0.4 is 5.32 Å². The van der Waals surface area contributed by atoms with Crippen LogP contribution in [0.3, 0.4) is 0 Å². The Labute approximate surface area is 220 Å². The van der Waals surface area contributed by atoms with Gasteiger partial charge in [0.25, 0.3) is 11.5 Å². The standard InChI is InChI=1S/C25H23Cl2F4N3O3/c1-12-10-23(2,6-5-15(12)22(35)32-20-9-18(33-36-20)13-3-4-13)19-11-24(37-34-19,25(29,30)31)14-7-16(26)21(28)17(27)8-14/h5,7-8,10,13,20H,3-4,6,9,11H2,1-2H3,(H,32,35). The molecule has 3 atom stereocenters. The summed E-state index contributed by atoms with van der Waals surface area (Å²) < 4.78 is 57.0. The largest absolute Gasteiger partial charge is 0.435 e. The zero-order valence-electron chi connectivity index (χ0n) is 19.9. The van der Waals surface area contributed by atoms with Crippen LogP contribution in [-0.4, -0.2) is 29.7 Å². The van der Waals surface area contributed by atoms with Gasteiger partial charge in [0.2, 0.25) is 6.23 Å². The molecule has 2 aliphatic heterocycles. The molecule has 1 amide bonds. The van der Waals surface area contributed by atoms with Crippen molar-refractivity contribution in [1.29, 1.82) is 0 Å². The van der Waals surface area contributed by atoms with E-state index < -0.39 is 51.3 Å². The molecule has 1 aromatic rings. The van der Waals surface area contributed by atoms with Crippen LogP contribution in [0.2, 0.25) is 10.0 Å².